The van der Waals surface area contributed by atoms with Crippen LogP contribution in [0, 0.1) is 7.14 Å². The standard InChI is InChI=1S/C31H23BrCl2I2N2O5S/c1-4-42-30(40)26-15(2)37-31-38(27(26)17-6-8-24(41-3)20(32)12-17)29(39)25(44-31)11-16-9-22(35)28(23(36)10-16)43-14-18-5-7-19(33)13-21(18)34/h5-13,27H,4,14H2,1-3H3/b25-11-/t27-/m0/s1. The zero-order chi connectivity index (χ0) is 31.7. The number of benzene rings is 3. The maximum Gasteiger partial charge on any atom is 0.338 e. The summed E-state index contributed by atoms with van der Waals surface area (Å²) in [4.78, 5) is 32.4. The lowest BCUT2D eigenvalue weighted by atomic mass is 9.96. The van der Waals surface area contributed by atoms with Gasteiger partial charge in [-0.05, 0) is 129 Å². The highest BCUT2D eigenvalue weighted by molar-refractivity contribution is 14.1. The Hall–Kier alpha value is -1.91. The molecule has 0 N–H and O–H groups in total. The third-order valence-electron chi connectivity index (χ3n) is 6.71. The van der Waals surface area contributed by atoms with Crippen LogP contribution in [0.5, 0.6) is 11.5 Å². The third kappa shape index (κ3) is 6.92. The summed E-state index contributed by atoms with van der Waals surface area (Å²) < 4.78 is 21.4. The lowest BCUT2D eigenvalue weighted by molar-refractivity contribution is -0.139. The molecule has 7 nitrogen and oxygen atoms in total. The van der Waals surface area contributed by atoms with Crippen LogP contribution >= 0.6 is 95.7 Å². The quantitative estimate of drug-likeness (QED) is 0.134. The number of esters is 1. The van der Waals surface area contributed by atoms with E-state index in [1.807, 2.05) is 36.4 Å². The van der Waals surface area contributed by atoms with E-state index < -0.39 is 12.0 Å². The predicted molar refractivity (Wildman–Crippen MR) is 194 cm³/mol. The Kier molecular flexibility index (Phi) is 10.8. The number of fused-ring (bicyclic) bond motifs is 1. The molecule has 1 aromatic heterocycles. The van der Waals surface area contributed by atoms with Gasteiger partial charge in [-0.1, -0.05) is 46.7 Å². The Bertz CT molecular complexity index is 1990. The molecule has 1 atom stereocenters. The van der Waals surface area contributed by atoms with Gasteiger partial charge in [-0.3, -0.25) is 9.36 Å². The minimum Gasteiger partial charge on any atom is -0.496 e. The number of nitrogens with zero attached hydrogens (tertiary/aromatic N) is 2. The van der Waals surface area contributed by atoms with Gasteiger partial charge < -0.3 is 14.2 Å². The number of halogens is 5. The monoisotopic (exact) mass is 938 g/mol. The molecule has 0 saturated carbocycles. The van der Waals surface area contributed by atoms with Gasteiger partial charge in [0.2, 0.25) is 0 Å². The molecule has 3 aromatic carbocycles. The Labute approximate surface area is 302 Å². The van der Waals surface area contributed by atoms with Gasteiger partial charge >= 0.3 is 5.97 Å². The van der Waals surface area contributed by atoms with Crippen molar-refractivity contribution in [3.63, 3.8) is 0 Å². The van der Waals surface area contributed by atoms with Crippen molar-refractivity contribution in [3.05, 3.63) is 118 Å². The highest BCUT2D eigenvalue weighted by atomic mass is 127. The normalized spacial score (nSPS) is 14.7. The molecular formula is C31H23BrCl2I2N2O5S. The van der Waals surface area contributed by atoms with E-state index in [4.69, 9.17) is 37.4 Å². The SMILES string of the molecule is CCOC(=O)C1=C(C)N=c2s/c(=C\c3cc(I)c(OCc4ccc(Cl)cc4Cl)c(I)c3)c(=O)n2[C@H]1c1ccc(OC)c(Br)c1. The molecule has 0 radical (unpaired) electrons. The average molecular weight is 940 g/mol. The molecular weight excluding hydrogens is 917 g/mol. The zero-order valence-electron chi connectivity index (χ0n) is 23.4. The van der Waals surface area contributed by atoms with Gasteiger partial charge in [-0.2, -0.15) is 0 Å². The molecule has 1 aliphatic heterocycles. The second kappa shape index (κ2) is 14.2. The summed E-state index contributed by atoms with van der Waals surface area (Å²) in [5, 5.41) is 1.10. The fourth-order valence-corrected chi connectivity index (χ4v) is 8.90. The molecule has 0 fully saturated rings. The first-order valence-electron chi connectivity index (χ1n) is 13.1. The van der Waals surface area contributed by atoms with E-state index in [9.17, 15) is 9.59 Å². The van der Waals surface area contributed by atoms with Crippen molar-refractivity contribution >= 4 is 108 Å². The number of rotatable bonds is 8. The molecule has 0 bridgehead atoms. The summed E-state index contributed by atoms with van der Waals surface area (Å²) in [6.07, 6.45) is 1.83. The molecule has 5 rings (SSSR count). The summed E-state index contributed by atoms with van der Waals surface area (Å²) in [6, 6.07) is 13.9. The Morgan fingerprint density at radius 3 is 2.50 bits per heavy atom. The van der Waals surface area contributed by atoms with Crippen molar-refractivity contribution < 1.29 is 19.0 Å². The second-order valence-electron chi connectivity index (χ2n) is 9.53. The number of thiazole rings is 1. The van der Waals surface area contributed by atoms with Crippen LogP contribution in [0.25, 0.3) is 6.08 Å². The van der Waals surface area contributed by atoms with Gasteiger partial charge in [0, 0.05) is 15.6 Å². The van der Waals surface area contributed by atoms with Crippen LogP contribution < -0.4 is 24.4 Å². The topological polar surface area (TPSA) is 79.1 Å². The lowest BCUT2D eigenvalue weighted by Gasteiger charge is -2.25. The van der Waals surface area contributed by atoms with Crippen LogP contribution in [0.3, 0.4) is 0 Å². The van der Waals surface area contributed by atoms with Gasteiger partial charge in [0.15, 0.2) is 4.80 Å². The number of methoxy groups -OCH3 is 1. The van der Waals surface area contributed by atoms with E-state index in [-0.39, 0.29) is 18.8 Å². The van der Waals surface area contributed by atoms with Crippen LogP contribution in [0.15, 0.2) is 74.1 Å². The highest BCUT2D eigenvalue weighted by Gasteiger charge is 2.33. The van der Waals surface area contributed by atoms with Crippen molar-refractivity contribution in [3.8, 4) is 11.5 Å². The van der Waals surface area contributed by atoms with Crippen molar-refractivity contribution in [2.75, 3.05) is 13.7 Å². The number of ether oxygens (including phenoxy) is 3. The van der Waals surface area contributed by atoms with Gasteiger partial charge in [0.1, 0.15) is 18.1 Å². The number of carbonyl (C=O) groups is 1. The fourth-order valence-electron chi connectivity index (χ4n) is 4.70. The highest BCUT2D eigenvalue weighted by Crippen LogP contribution is 2.35. The van der Waals surface area contributed by atoms with E-state index >= 15 is 0 Å². The van der Waals surface area contributed by atoms with Crippen LogP contribution in [-0.2, 0) is 16.1 Å². The van der Waals surface area contributed by atoms with E-state index in [1.165, 1.54) is 11.3 Å². The molecule has 0 amide bonds. The lowest BCUT2D eigenvalue weighted by Crippen LogP contribution is -2.40. The molecule has 228 valence electrons. The molecule has 0 aliphatic carbocycles. The van der Waals surface area contributed by atoms with Crippen molar-refractivity contribution in [1.29, 1.82) is 0 Å². The predicted octanol–water partition coefficient (Wildman–Crippen LogP) is 7.66. The number of carbonyl (C=O) groups excluding carboxylic acids is 1. The van der Waals surface area contributed by atoms with Crippen molar-refractivity contribution in [2.24, 2.45) is 4.99 Å². The van der Waals surface area contributed by atoms with Crippen LogP contribution in [0.4, 0.5) is 0 Å². The molecule has 44 heavy (non-hydrogen) atoms. The summed E-state index contributed by atoms with van der Waals surface area (Å²) >= 11 is 21.6. The Morgan fingerprint density at radius 1 is 1.14 bits per heavy atom. The largest absolute Gasteiger partial charge is 0.496 e. The molecule has 0 saturated heterocycles. The van der Waals surface area contributed by atoms with Gasteiger partial charge in [-0.25, -0.2) is 9.79 Å². The molecule has 13 heteroatoms. The van der Waals surface area contributed by atoms with E-state index in [2.05, 4.69) is 66.1 Å². The van der Waals surface area contributed by atoms with Gasteiger partial charge in [0.25, 0.3) is 5.56 Å². The van der Waals surface area contributed by atoms with Crippen molar-refractivity contribution in [1.82, 2.24) is 4.57 Å². The Morgan fingerprint density at radius 2 is 1.86 bits per heavy atom. The fraction of sp³-hybridized carbons (Fsp3) is 0.194. The summed E-state index contributed by atoms with van der Waals surface area (Å²) in [6.45, 7) is 3.98. The number of allylic oxidation sites excluding steroid dienone is 1. The zero-order valence-corrected chi connectivity index (χ0v) is 31.7. The first-order chi connectivity index (χ1) is 21.0. The van der Waals surface area contributed by atoms with E-state index in [1.54, 1.807) is 43.7 Å². The average Bonchev–Trinajstić information content (AvgIpc) is 3.26. The molecule has 0 unspecified atom stereocenters. The molecule has 4 aromatic rings. The first-order valence-corrected chi connectivity index (χ1v) is 17.6. The second-order valence-corrected chi connectivity index (χ2v) is 14.6. The van der Waals surface area contributed by atoms with E-state index in [0.29, 0.717) is 46.4 Å². The summed E-state index contributed by atoms with van der Waals surface area (Å²) in [7, 11) is 1.58. The minimum atomic E-state index is -0.731. The Balaban J connectivity index is 1.56. The van der Waals surface area contributed by atoms with Crippen LogP contribution in [-0.4, -0.2) is 24.3 Å². The van der Waals surface area contributed by atoms with Crippen molar-refractivity contribution in [2.45, 2.75) is 26.5 Å². The first kappa shape index (κ1) is 33.5. The van der Waals surface area contributed by atoms with Gasteiger partial charge in [0.05, 0.1) is 47.2 Å². The number of hydrogen-bond donors (Lipinski definition) is 0. The molecule has 2 heterocycles. The van der Waals surface area contributed by atoms with Crippen LogP contribution in [0.2, 0.25) is 10.0 Å². The maximum absolute atomic E-state index is 14.0. The summed E-state index contributed by atoms with van der Waals surface area (Å²) in [5.41, 5.74) is 2.92. The number of aromatic nitrogens is 1. The molecule has 1 aliphatic rings. The van der Waals surface area contributed by atoms with E-state index in [0.717, 1.165) is 24.0 Å². The third-order valence-corrected chi connectivity index (χ3v) is 10.5. The summed E-state index contributed by atoms with van der Waals surface area (Å²) in [5.74, 6) is 0.836. The minimum absolute atomic E-state index is 0.197. The number of hydrogen-bond acceptors (Lipinski definition) is 7. The smallest absolute Gasteiger partial charge is 0.338 e. The maximum atomic E-state index is 14.0. The molecule has 0 spiro atoms. The van der Waals surface area contributed by atoms with Crippen LogP contribution in [0.1, 0.15) is 36.6 Å². The van der Waals surface area contributed by atoms with Gasteiger partial charge in [-0.15, -0.1) is 0 Å².